The second kappa shape index (κ2) is 26.5. The minimum Gasteiger partial charge on any atom is -0.457 e. The molecule has 4 amide bonds. The van der Waals surface area contributed by atoms with Gasteiger partial charge in [-0.1, -0.05) is 120 Å². The number of carbonyl (C=O) groups excluding carboxylic acids is 4. The Morgan fingerprint density at radius 3 is 0.676 bits per heavy atom. The van der Waals surface area contributed by atoms with E-state index in [-0.39, 0.29) is 169 Å². The largest absolute Gasteiger partial charge is 0.457 e. The van der Waals surface area contributed by atoms with Gasteiger partial charge in [-0.3, -0.25) is 19.2 Å². The smallest absolute Gasteiger partial charge is 0.416 e. The molecular formula is C88H52F6N2O12. The standard InChI is InChI=1S/C88H52F6N2O12/c1-49-29-37-57(38-30-49)101-65-25-15-27-67(103-59-41-33-51(34-42-59)87(89,90)91)81(65)95-83(97)61-45-69(105-53-17-7-3-8-18-53)75-77-71(107-55-21-11-5-12-22-55)47-63-74-64(48-72(108-56-23-13-6-14-24-56)78(80(74)77)76-70(106-54-19-9-4-10-20-54)46-62(84(95)98)73(61)79(75)76)86(100)96(85(63)99)82-66(102-58-39-31-50(2)32-40-58)26-16-28-68(82)104-60-43-35-52(36-44-60)88(92,93)94/h3-48H,1-2H3. The highest BCUT2D eigenvalue weighted by molar-refractivity contribution is 6.48. The lowest BCUT2D eigenvalue weighted by Crippen LogP contribution is -2.41. The van der Waals surface area contributed by atoms with Gasteiger partial charge in [-0.25, -0.2) is 9.80 Å². The van der Waals surface area contributed by atoms with Crippen LogP contribution in [0.4, 0.5) is 37.7 Å². The fraction of sp³-hybridized carbons (Fsp3) is 0.0455. The Kier molecular flexibility index (Phi) is 16.5. The molecule has 15 aromatic carbocycles. The number of benzene rings is 15. The summed E-state index contributed by atoms with van der Waals surface area (Å²) < 4.78 is 139. The number of nitrogens with zero attached hydrogens (tertiary/aromatic N) is 2. The van der Waals surface area contributed by atoms with E-state index in [0.717, 1.165) is 69.5 Å². The Bertz CT molecular complexity index is 5520. The number of imide groups is 2. The number of hydrogen-bond acceptors (Lipinski definition) is 12. The van der Waals surface area contributed by atoms with E-state index in [1.807, 2.05) is 13.8 Å². The van der Waals surface area contributed by atoms with E-state index >= 15 is 19.2 Å². The van der Waals surface area contributed by atoms with Gasteiger partial charge in [-0.15, -0.1) is 0 Å². The first-order valence-electron chi connectivity index (χ1n) is 33.8. The first-order chi connectivity index (χ1) is 52.3. The number of carbonyl (C=O) groups is 4. The van der Waals surface area contributed by atoms with Crippen molar-refractivity contribution in [3.8, 4) is 92.0 Å². The summed E-state index contributed by atoms with van der Waals surface area (Å²) in [4.78, 5) is 68.4. The van der Waals surface area contributed by atoms with E-state index in [4.69, 9.17) is 37.9 Å². The second-order valence-electron chi connectivity index (χ2n) is 25.5. The molecule has 0 spiro atoms. The van der Waals surface area contributed by atoms with Gasteiger partial charge in [0, 0.05) is 43.1 Å². The molecule has 15 aromatic rings. The highest BCUT2D eigenvalue weighted by Crippen LogP contribution is 2.60. The minimum absolute atomic E-state index is 0.0297. The molecule has 20 heteroatoms. The van der Waals surface area contributed by atoms with Gasteiger partial charge in [0.15, 0.2) is 23.0 Å². The lowest BCUT2D eigenvalue weighted by Gasteiger charge is -2.33. The van der Waals surface area contributed by atoms with Crippen LogP contribution in [-0.2, 0) is 12.4 Å². The van der Waals surface area contributed by atoms with Crippen LogP contribution >= 0.6 is 0 Å². The van der Waals surface area contributed by atoms with E-state index in [1.54, 1.807) is 170 Å². The van der Waals surface area contributed by atoms with Crippen LogP contribution in [0.2, 0.25) is 0 Å². The van der Waals surface area contributed by atoms with Crippen molar-refractivity contribution in [1.82, 2.24) is 0 Å². The summed E-state index contributed by atoms with van der Waals surface area (Å²) in [7, 11) is 0. The van der Waals surface area contributed by atoms with Crippen LogP contribution in [0.1, 0.15) is 63.7 Å². The molecule has 14 nitrogen and oxygen atoms in total. The molecule has 17 rings (SSSR count). The molecule has 2 aliphatic heterocycles. The lowest BCUT2D eigenvalue weighted by molar-refractivity contribution is -0.138. The van der Waals surface area contributed by atoms with Crippen molar-refractivity contribution < 1.29 is 83.4 Å². The third-order valence-electron chi connectivity index (χ3n) is 18.5. The average molecular weight is 1440 g/mol. The lowest BCUT2D eigenvalue weighted by atomic mass is 9.80. The van der Waals surface area contributed by atoms with E-state index in [2.05, 4.69) is 0 Å². The molecule has 0 aromatic heterocycles. The first kappa shape index (κ1) is 67.1. The van der Waals surface area contributed by atoms with Gasteiger partial charge in [0.05, 0.1) is 33.4 Å². The van der Waals surface area contributed by atoms with E-state index in [9.17, 15) is 26.3 Å². The van der Waals surface area contributed by atoms with Gasteiger partial charge in [-0.2, -0.15) is 26.3 Å². The van der Waals surface area contributed by atoms with Crippen LogP contribution in [0.5, 0.6) is 92.0 Å². The molecule has 2 aliphatic rings. The molecule has 0 atom stereocenters. The number of rotatable bonds is 18. The van der Waals surface area contributed by atoms with Crippen LogP contribution in [0.3, 0.4) is 0 Å². The van der Waals surface area contributed by atoms with Crippen molar-refractivity contribution in [2.45, 2.75) is 26.2 Å². The monoisotopic (exact) mass is 1440 g/mol. The zero-order valence-electron chi connectivity index (χ0n) is 56.6. The van der Waals surface area contributed by atoms with Gasteiger partial charge >= 0.3 is 12.4 Å². The predicted molar refractivity (Wildman–Crippen MR) is 394 cm³/mol. The van der Waals surface area contributed by atoms with Gasteiger partial charge in [0.25, 0.3) is 23.6 Å². The van der Waals surface area contributed by atoms with Crippen molar-refractivity contribution in [2.75, 3.05) is 9.80 Å². The molecule has 0 radical (unpaired) electrons. The fourth-order valence-corrected chi connectivity index (χ4v) is 13.6. The molecule has 0 fully saturated rings. The molecule has 0 saturated carbocycles. The quantitative estimate of drug-likeness (QED) is 0.0348. The maximum absolute atomic E-state index is 16.7. The second-order valence-corrected chi connectivity index (χ2v) is 25.5. The number of aryl methyl sites for hydroxylation is 2. The normalized spacial score (nSPS) is 12.9. The fourth-order valence-electron chi connectivity index (χ4n) is 13.6. The van der Waals surface area contributed by atoms with Crippen LogP contribution in [-0.4, -0.2) is 23.6 Å². The molecule has 0 saturated heterocycles. The summed E-state index contributed by atoms with van der Waals surface area (Å²) in [5.41, 5.74) is -1.11. The SMILES string of the molecule is Cc1ccc(Oc2cccc(Oc3ccc(C(F)(F)F)cc3)c2N2C(=O)c3cc(Oc4ccccc4)c4c5c(Oc6ccccc6)cc6c7c(cc(Oc8ccccc8)c(c8c(Oc9ccccc9)cc(c3c48)C2=O)c75)C(=O)N(c2c(Oc3ccc(C)cc3)cccc2Oc2ccc(C(F)(F)F)cc2)C6=O)cc1. The van der Waals surface area contributed by atoms with Crippen molar-refractivity contribution in [2.24, 2.45) is 0 Å². The van der Waals surface area contributed by atoms with Gasteiger partial charge < -0.3 is 37.9 Å². The number of fused-ring (bicyclic) bond motifs is 2. The maximum Gasteiger partial charge on any atom is 0.416 e. The zero-order valence-corrected chi connectivity index (χ0v) is 56.6. The maximum atomic E-state index is 16.7. The third kappa shape index (κ3) is 12.1. The molecular weight excluding hydrogens is 1390 g/mol. The third-order valence-corrected chi connectivity index (χ3v) is 18.5. The number of hydrogen-bond donors (Lipinski definition) is 0. The topological polar surface area (TPSA) is 149 Å². The van der Waals surface area contributed by atoms with Gasteiger partial charge in [0.2, 0.25) is 0 Å². The Labute approximate surface area is 610 Å². The van der Waals surface area contributed by atoms with E-state index in [0.29, 0.717) is 0 Å². The van der Waals surface area contributed by atoms with E-state index in [1.165, 1.54) is 60.7 Å². The van der Waals surface area contributed by atoms with Crippen molar-refractivity contribution >= 4 is 78.1 Å². The van der Waals surface area contributed by atoms with Crippen LogP contribution in [0.15, 0.2) is 279 Å². The summed E-state index contributed by atoms with van der Waals surface area (Å²) in [5, 5.41) is 1.17. The Morgan fingerprint density at radius 1 is 0.231 bits per heavy atom. The number of para-hydroxylation sites is 6. The van der Waals surface area contributed by atoms with Crippen LogP contribution in [0.25, 0.3) is 43.1 Å². The summed E-state index contributed by atoms with van der Waals surface area (Å²) in [5.74, 6) is -2.99. The number of amides is 4. The first-order valence-corrected chi connectivity index (χ1v) is 33.8. The van der Waals surface area contributed by atoms with Crippen LogP contribution in [0, 0.1) is 13.8 Å². The Balaban J connectivity index is 0.976. The van der Waals surface area contributed by atoms with Gasteiger partial charge in [-0.05, 0) is 184 Å². The van der Waals surface area contributed by atoms with Crippen molar-refractivity contribution in [1.29, 1.82) is 0 Å². The molecule has 2 heterocycles. The molecule has 528 valence electrons. The summed E-state index contributed by atoms with van der Waals surface area (Å²) >= 11 is 0. The Hall–Kier alpha value is -14.1. The molecule has 0 bridgehead atoms. The minimum atomic E-state index is -4.69. The predicted octanol–water partition coefficient (Wildman–Crippen LogP) is 24.3. The van der Waals surface area contributed by atoms with Gasteiger partial charge in [0.1, 0.15) is 80.4 Å². The molecule has 0 unspecified atom stereocenters. The number of halogens is 6. The zero-order chi connectivity index (χ0) is 74.3. The number of anilines is 2. The summed E-state index contributed by atoms with van der Waals surface area (Å²) in [6, 6.07) is 71.1. The molecule has 108 heavy (non-hydrogen) atoms. The Morgan fingerprint density at radius 2 is 0.444 bits per heavy atom. The highest BCUT2D eigenvalue weighted by atomic mass is 19.4. The number of alkyl halides is 6. The summed E-state index contributed by atoms with van der Waals surface area (Å²) in [6.07, 6.45) is -9.39. The average Bonchev–Trinajstić information content (AvgIpc) is 0.670. The molecule has 0 aliphatic carbocycles. The summed E-state index contributed by atoms with van der Waals surface area (Å²) in [6.45, 7) is 3.76. The van der Waals surface area contributed by atoms with Crippen LogP contribution < -0.4 is 47.7 Å². The van der Waals surface area contributed by atoms with E-state index < -0.39 is 47.1 Å². The molecule has 0 N–H and O–H groups in total. The van der Waals surface area contributed by atoms with Crippen molar-refractivity contribution in [3.05, 3.63) is 324 Å². The van der Waals surface area contributed by atoms with Crippen molar-refractivity contribution in [3.63, 3.8) is 0 Å². The number of ether oxygens (including phenoxy) is 8. The highest BCUT2D eigenvalue weighted by Gasteiger charge is 2.45.